The number of hydrogen-bond acceptors (Lipinski definition) is 2. The first kappa shape index (κ1) is 12.7. The van der Waals surface area contributed by atoms with Crippen LogP contribution in [0.1, 0.15) is 11.4 Å². The highest BCUT2D eigenvalue weighted by Gasteiger charge is 2.17. The molecule has 96 valence electrons. The minimum Gasteiger partial charge on any atom is -0.330 e. The number of rotatable bonds is 3. The summed E-state index contributed by atoms with van der Waals surface area (Å²) in [5, 5.41) is 4.29. The van der Waals surface area contributed by atoms with E-state index in [0.29, 0.717) is 24.2 Å². The Morgan fingerprint density at radius 2 is 2.06 bits per heavy atom. The standard InChI is InChI=1S/C13H15F2N3/c1-8-13(12(5-6-16)17-18(8)2)10-7-9(14)3-4-11(10)15/h3-4,7H,5-6,16H2,1-2H3. The number of benzene rings is 1. The van der Waals surface area contributed by atoms with Gasteiger partial charge in [-0.25, -0.2) is 8.78 Å². The molecule has 1 aromatic heterocycles. The van der Waals surface area contributed by atoms with Crippen molar-refractivity contribution in [2.45, 2.75) is 13.3 Å². The topological polar surface area (TPSA) is 43.8 Å². The highest BCUT2D eigenvalue weighted by atomic mass is 19.1. The maximum absolute atomic E-state index is 13.8. The normalized spacial score (nSPS) is 10.9. The molecule has 0 atom stereocenters. The van der Waals surface area contributed by atoms with Crippen molar-refractivity contribution in [3.05, 3.63) is 41.2 Å². The molecule has 1 heterocycles. The fourth-order valence-corrected chi connectivity index (χ4v) is 2.03. The van der Waals surface area contributed by atoms with Gasteiger partial charge in [-0.15, -0.1) is 0 Å². The second-order valence-electron chi connectivity index (χ2n) is 4.19. The van der Waals surface area contributed by atoms with Gasteiger partial charge in [0.2, 0.25) is 0 Å². The van der Waals surface area contributed by atoms with Crippen LogP contribution < -0.4 is 5.73 Å². The highest BCUT2D eigenvalue weighted by molar-refractivity contribution is 5.69. The minimum absolute atomic E-state index is 0.240. The summed E-state index contributed by atoms with van der Waals surface area (Å²) in [6, 6.07) is 3.43. The van der Waals surface area contributed by atoms with Gasteiger partial charge in [0.15, 0.2) is 0 Å². The summed E-state index contributed by atoms with van der Waals surface area (Å²) in [5.41, 5.74) is 7.89. The molecule has 0 saturated heterocycles. The van der Waals surface area contributed by atoms with E-state index in [1.807, 2.05) is 6.92 Å². The van der Waals surface area contributed by atoms with Crippen LogP contribution >= 0.6 is 0 Å². The first-order valence-corrected chi connectivity index (χ1v) is 5.72. The van der Waals surface area contributed by atoms with Crippen molar-refractivity contribution in [2.24, 2.45) is 12.8 Å². The number of hydrogen-bond donors (Lipinski definition) is 1. The van der Waals surface area contributed by atoms with E-state index in [1.54, 1.807) is 11.7 Å². The molecule has 5 heteroatoms. The van der Waals surface area contributed by atoms with Crippen molar-refractivity contribution in [3.63, 3.8) is 0 Å². The Hall–Kier alpha value is -1.75. The van der Waals surface area contributed by atoms with Gasteiger partial charge in [0.1, 0.15) is 11.6 Å². The lowest BCUT2D eigenvalue weighted by molar-refractivity contribution is 0.603. The van der Waals surface area contributed by atoms with Gasteiger partial charge in [0.05, 0.1) is 5.69 Å². The van der Waals surface area contributed by atoms with Crippen LogP contribution in [0.25, 0.3) is 11.1 Å². The third-order valence-corrected chi connectivity index (χ3v) is 2.99. The Balaban J connectivity index is 2.65. The number of aromatic nitrogens is 2. The molecule has 0 aliphatic heterocycles. The molecule has 2 N–H and O–H groups in total. The lowest BCUT2D eigenvalue weighted by Gasteiger charge is -2.05. The van der Waals surface area contributed by atoms with Gasteiger partial charge in [-0.3, -0.25) is 4.68 Å². The highest BCUT2D eigenvalue weighted by Crippen LogP contribution is 2.30. The zero-order chi connectivity index (χ0) is 13.3. The van der Waals surface area contributed by atoms with Gasteiger partial charge in [0.25, 0.3) is 0 Å². The Morgan fingerprint density at radius 3 is 2.72 bits per heavy atom. The quantitative estimate of drug-likeness (QED) is 0.908. The molecule has 0 aliphatic carbocycles. The molecular weight excluding hydrogens is 236 g/mol. The Kier molecular flexibility index (Phi) is 3.43. The molecule has 2 rings (SSSR count). The SMILES string of the molecule is Cc1c(-c2cc(F)ccc2F)c(CCN)nn1C. The average Bonchev–Trinajstić information content (AvgIpc) is 2.59. The van der Waals surface area contributed by atoms with Crippen LogP contribution in [-0.2, 0) is 13.5 Å². The van der Waals surface area contributed by atoms with Crippen molar-refractivity contribution in [1.29, 1.82) is 0 Å². The van der Waals surface area contributed by atoms with E-state index in [9.17, 15) is 8.78 Å². The molecule has 0 radical (unpaired) electrons. The van der Waals surface area contributed by atoms with Crippen molar-refractivity contribution in [1.82, 2.24) is 9.78 Å². The van der Waals surface area contributed by atoms with Crippen molar-refractivity contribution in [3.8, 4) is 11.1 Å². The van der Waals surface area contributed by atoms with E-state index in [4.69, 9.17) is 5.73 Å². The Bertz CT molecular complexity index is 576. The molecule has 3 nitrogen and oxygen atoms in total. The Morgan fingerprint density at radius 1 is 1.33 bits per heavy atom. The Labute approximate surface area is 104 Å². The fraction of sp³-hybridized carbons (Fsp3) is 0.308. The first-order valence-electron chi connectivity index (χ1n) is 5.72. The van der Waals surface area contributed by atoms with E-state index in [2.05, 4.69) is 5.10 Å². The summed E-state index contributed by atoms with van der Waals surface area (Å²) in [7, 11) is 1.77. The zero-order valence-electron chi connectivity index (χ0n) is 10.4. The van der Waals surface area contributed by atoms with Crippen LogP contribution in [0.5, 0.6) is 0 Å². The molecule has 0 amide bonds. The molecule has 0 unspecified atom stereocenters. The minimum atomic E-state index is -0.464. The molecule has 2 aromatic rings. The number of aryl methyl sites for hydroxylation is 1. The van der Waals surface area contributed by atoms with Crippen LogP contribution in [0, 0.1) is 18.6 Å². The summed E-state index contributed by atoms with van der Waals surface area (Å²) in [6.45, 7) is 2.24. The second-order valence-corrected chi connectivity index (χ2v) is 4.19. The van der Waals surface area contributed by atoms with Crippen LogP contribution in [0.3, 0.4) is 0 Å². The van der Waals surface area contributed by atoms with E-state index < -0.39 is 11.6 Å². The van der Waals surface area contributed by atoms with Crippen molar-refractivity contribution < 1.29 is 8.78 Å². The predicted octanol–water partition coefficient (Wildman–Crippen LogP) is 2.17. The van der Waals surface area contributed by atoms with E-state index in [0.717, 1.165) is 17.8 Å². The number of nitrogens with two attached hydrogens (primary N) is 1. The van der Waals surface area contributed by atoms with E-state index >= 15 is 0 Å². The number of halogens is 2. The maximum Gasteiger partial charge on any atom is 0.131 e. The monoisotopic (exact) mass is 251 g/mol. The van der Waals surface area contributed by atoms with Gasteiger partial charge < -0.3 is 5.73 Å². The maximum atomic E-state index is 13.8. The first-order chi connectivity index (χ1) is 8.54. The van der Waals surface area contributed by atoms with Crippen LogP contribution in [-0.4, -0.2) is 16.3 Å². The third-order valence-electron chi connectivity index (χ3n) is 2.99. The fourth-order valence-electron chi connectivity index (χ4n) is 2.03. The zero-order valence-corrected chi connectivity index (χ0v) is 10.4. The third kappa shape index (κ3) is 2.13. The summed E-state index contributed by atoms with van der Waals surface area (Å²) < 4.78 is 28.8. The molecule has 0 fully saturated rings. The van der Waals surface area contributed by atoms with Gasteiger partial charge >= 0.3 is 0 Å². The van der Waals surface area contributed by atoms with Crippen molar-refractivity contribution in [2.75, 3.05) is 6.54 Å². The summed E-state index contributed by atoms with van der Waals surface area (Å²) >= 11 is 0. The van der Waals surface area contributed by atoms with Crippen LogP contribution in [0.4, 0.5) is 8.78 Å². The number of nitrogens with zero attached hydrogens (tertiary/aromatic N) is 2. The average molecular weight is 251 g/mol. The van der Waals surface area contributed by atoms with Crippen LogP contribution in [0.15, 0.2) is 18.2 Å². The molecule has 1 aromatic carbocycles. The molecule has 0 spiro atoms. The second kappa shape index (κ2) is 4.86. The lowest BCUT2D eigenvalue weighted by Crippen LogP contribution is -2.05. The molecule has 0 saturated carbocycles. The van der Waals surface area contributed by atoms with Gasteiger partial charge in [0, 0.05) is 30.3 Å². The van der Waals surface area contributed by atoms with Crippen molar-refractivity contribution >= 4 is 0 Å². The summed E-state index contributed by atoms with van der Waals surface area (Å²) in [5.74, 6) is -0.917. The smallest absolute Gasteiger partial charge is 0.131 e. The lowest BCUT2D eigenvalue weighted by atomic mass is 10.0. The predicted molar refractivity (Wildman–Crippen MR) is 66.1 cm³/mol. The van der Waals surface area contributed by atoms with E-state index in [1.165, 1.54) is 6.07 Å². The van der Waals surface area contributed by atoms with Crippen LogP contribution in [0.2, 0.25) is 0 Å². The van der Waals surface area contributed by atoms with Gasteiger partial charge in [-0.05, 0) is 31.7 Å². The largest absolute Gasteiger partial charge is 0.330 e. The molecule has 0 aliphatic rings. The molecule has 18 heavy (non-hydrogen) atoms. The van der Waals surface area contributed by atoms with E-state index in [-0.39, 0.29) is 5.56 Å². The molecular formula is C13H15F2N3. The van der Waals surface area contributed by atoms with Gasteiger partial charge in [-0.1, -0.05) is 0 Å². The summed E-state index contributed by atoms with van der Waals surface area (Å²) in [6.07, 6.45) is 0.535. The summed E-state index contributed by atoms with van der Waals surface area (Å²) in [4.78, 5) is 0. The van der Waals surface area contributed by atoms with Gasteiger partial charge in [-0.2, -0.15) is 5.10 Å². The molecule has 0 bridgehead atoms.